The van der Waals surface area contributed by atoms with Gasteiger partial charge in [-0.1, -0.05) is 44.2 Å². The SMILES string of the molecule is COc1ccccc1N1CCN(C[C@@H](CC2CCCCC2)NC=O)CC1. The first-order valence-electron chi connectivity index (χ1n) is 10.1. The molecule has 2 fully saturated rings. The Labute approximate surface area is 157 Å². The molecule has 0 radical (unpaired) electrons. The number of nitrogens with zero attached hydrogens (tertiary/aromatic N) is 2. The Hall–Kier alpha value is -1.75. The van der Waals surface area contributed by atoms with Crippen molar-refractivity contribution in [3.63, 3.8) is 0 Å². The predicted molar refractivity (Wildman–Crippen MR) is 106 cm³/mol. The van der Waals surface area contributed by atoms with Crippen LogP contribution >= 0.6 is 0 Å². The van der Waals surface area contributed by atoms with E-state index in [4.69, 9.17) is 4.74 Å². The van der Waals surface area contributed by atoms with Gasteiger partial charge in [0.1, 0.15) is 5.75 Å². The summed E-state index contributed by atoms with van der Waals surface area (Å²) >= 11 is 0. The van der Waals surface area contributed by atoms with E-state index in [1.807, 2.05) is 12.1 Å². The highest BCUT2D eigenvalue weighted by Gasteiger charge is 2.24. The van der Waals surface area contributed by atoms with Crippen molar-refractivity contribution in [1.82, 2.24) is 10.2 Å². The maximum Gasteiger partial charge on any atom is 0.207 e. The van der Waals surface area contributed by atoms with Gasteiger partial charge < -0.3 is 15.0 Å². The normalized spacial score (nSPS) is 20.6. The van der Waals surface area contributed by atoms with Gasteiger partial charge in [-0.3, -0.25) is 9.69 Å². The van der Waals surface area contributed by atoms with Gasteiger partial charge in [-0.2, -0.15) is 0 Å². The number of carbonyl (C=O) groups excluding carboxylic acids is 1. The number of hydrogen-bond acceptors (Lipinski definition) is 4. The number of ether oxygens (including phenoxy) is 1. The zero-order valence-electron chi connectivity index (χ0n) is 16.0. The van der Waals surface area contributed by atoms with E-state index in [1.165, 1.54) is 37.8 Å². The molecule has 1 N–H and O–H groups in total. The van der Waals surface area contributed by atoms with Crippen LogP contribution in [-0.2, 0) is 4.79 Å². The summed E-state index contributed by atoms with van der Waals surface area (Å²) in [5.41, 5.74) is 1.18. The number of hydrogen-bond donors (Lipinski definition) is 1. The largest absolute Gasteiger partial charge is 0.495 e. The van der Waals surface area contributed by atoms with Gasteiger partial charge in [-0.15, -0.1) is 0 Å². The molecule has 1 aliphatic carbocycles. The lowest BCUT2D eigenvalue weighted by molar-refractivity contribution is -0.110. The first-order chi connectivity index (χ1) is 12.8. The van der Waals surface area contributed by atoms with E-state index < -0.39 is 0 Å². The molecule has 1 saturated heterocycles. The van der Waals surface area contributed by atoms with Crippen LogP contribution in [0.15, 0.2) is 24.3 Å². The summed E-state index contributed by atoms with van der Waals surface area (Å²) in [7, 11) is 1.73. The second-order valence-electron chi connectivity index (χ2n) is 7.68. The third kappa shape index (κ3) is 5.13. The van der Waals surface area contributed by atoms with Crippen molar-refractivity contribution in [2.75, 3.05) is 44.7 Å². The minimum Gasteiger partial charge on any atom is -0.495 e. The van der Waals surface area contributed by atoms with Crippen LogP contribution < -0.4 is 15.0 Å². The van der Waals surface area contributed by atoms with E-state index in [1.54, 1.807) is 7.11 Å². The molecule has 0 spiro atoms. The maximum atomic E-state index is 11.1. The Bertz CT molecular complexity index is 552. The monoisotopic (exact) mass is 359 g/mol. The van der Waals surface area contributed by atoms with Crippen LogP contribution in [-0.4, -0.2) is 57.2 Å². The van der Waals surface area contributed by atoms with Gasteiger partial charge in [-0.05, 0) is 24.5 Å². The molecule has 1 aromatic carbocycles. The van der Waals surface area contributed by atoms with Gasteiger partial charge in [0, 0.05) is 38.8 Å². The Morgan fingerprint density at radius 1 is 1.15 bits per heavy atom. The molecular weight excluding hydrogens is 326 g/mol. The first-order valence-corrected chi connectivity index (χ1v) is 10.1. The Morgan fingerprint density at radius 2 is 1.88 bits per heavy atom. The van der Waals surface area contributed by atoms with Crippen molar-refractivity contribution in [3.05, 3.63) is 24.3 Å². The van der Waals surface area contributed by atoms with Crippen LogP contribution in [0.3, 0.4) is 0 Å². The second-order valence-corrected chi connectivity index (χ2v) is 7.68. The summed E-state index contributed by atoms with van der Waals surface area (Å²) < 4.78 is 5.50. The molecule has 3 rings (SSSR count). The van der Waals surface area contributed by atoms with Crippen LogP contribution in [0.5, 0.6) is 5.75 Å². The summed E-state index contributed by atoms with van der Waals surface area (Å²) in [6.07, 6.45) is 8.78. The molecule has 0 bridgehead atoms. The highest BCUT2D eigenvalue weighted by atomic mass is 16.5. The molecule has 1 heterocycles. The quantitative estimate of drug-likeness (QED) is 0.725. The molecule has 1 aromatic rings. The molecule has 0 aromatic heterocycles. The maximum absolute atomic E-state index is 11.1. The van der Waals surface area contributed by atoms with Crippen LogP contribution in [0.25, 0.3) is 0 Å². The molecule has 1 amide bonds. The number of rotatable bonds is 8. The van der Waals surface area contributed by atoms with Gasteiger partial charge in [0.05, 0.1) is 12.8 Å². The lowest BCUT2D eigenvalue weighted by Gasteiger charge is -2.38. The first kappa shape index (κ1) is 19.0. The molecule has 1 atom stereocenters. The van der Waals surface area contributed by atoms with Gasteiger partial charge in [-0.25, -0.2) is 0 Å². The fraction of sp³-hybridized carbons (Fsp3) is 0.667. The van der Waals surface area contributed by atoms with E-state index in [2.05, 4.69) is 27.2 Å². The predicted octanol–water partition coefficient (Wildman–Crippen LogP) is 2.90. The molecule has 1 saturated carbocycles. The number of amides is 1. The van der Waals surface area contributed by atoms with Gasteiger partial charge in [0.15, 0.2) is 0 Å². The van der Waals surface area contributed by atoms with Gasteiger partial charge >= 0.3 is 0 Å². The smallest absolute Gasteiger partial charge is 0.207 e. The van der Waals surface area contributed by atoms with Crippen molar-refractivity contribution >= 4 is 12.1 Å². The number of para-hydroxylation sites is 2. The van der Waals surface area contributed by atoms with E-state index in [0.717, 1.165) is 57.2 Å². The lowest BCUT2D eigenvalue weighted by atomic mass is 9.84. The highest BCUT2D eigenvalue weighted by molar-refractivity contribution is 5.58. The highest BCUT2D eigenvalue weighted by Crippen LogP contribution is 2.29. The van der Waals surface area contributed by atoms with E-state index in [0.29, 0.717) is 0 Å². The number of methoxy groups -OCH3 is 1. The molecule has 144 valence electrons. The number of nitrogens with one attached hydrogen (secondary N) is 1. The van der Waals surface area contributed by atoms with Crippen LogP contribution in [0, 0.1) is 5.92 Å². The van der Waals surface area contributed by atoms with E-state index >= 15 is 0 Å². The summed E-state index contributed by atoms with van der Waals surface area (Å²) in [5, 5.41) is 3.08. The molecule has 5 heteroatoms. The summed E-state index contributed by atoms with van der Waals surface area (Å²) in [4.78, 5) is 16.0. The van der Waals surface area contributed by atoms with Crippen molar-refractivity contribution in [1.29, 1.82) is 0 Å². The number of piperazine rings is 1. The fourth-order valence-electron chi connectivity index (χ4n) is 4.49. The Kier molecular flexibility index (Phi) is 7.18. The minimum absolute atomic E-state index is 0.286. The zero-order valence-corrected chi connectivity index (χ0v) is 16.0. The van der Waals surface area contributed by atoms with Gasteiger partial charge in [0.25, 0.3) is 0 Å². The fourth-order valence-corrected chi connectivity index (χ4v) is 4.49. The topological polar surface area (TPSA) is 44.8 Å². The molecule has 1 aliphatic heterocycles. The third-order valence-electron chi connectivity index (χ3n) is 5.92. The molecule has 26 heavy (non-hydrogen) atoms. The Morgan fingerprint density at radius 3 is 2.58 bits per heavy atom. The average Bonchev–Trinajstić information content (AvgIpc) is 2.69. The molecule has 5 nitrogen and oxygen atoms in total. The van der Waals surface area contributed by atoms with Gasteiger partial charge in [0.2, 0.25) is 6.41 Å². The van der Waals surface area contributed by atoms with Crippen molar-refractivity contribution in [2.45, 2.75) is 44.6 Å². The zero-order chi connectivity index (χ0) is 18.2. The number of carbonyl (C=O) groups is 1. The lowest BCUT2D eigenvalue weighted by Crippen LogP contribution is -2.51. The second kappa shape index (κ2) is 9.81. The van der Waals surface area contributed by atoms with Crippen molar-refractivity contribution in [2.24, 2.45) is 5.92 Å². The standard InChI is InChI=1S/C21H33N3O2/c1-26-21-10-6-5-9-20(21)24-13-11-23(12-14-24)16-19(22-17-25)15-18-7-3-2-4-8-18/h5-6,9-10,17-19H,2-4,7-8,11-16H2,1H3,(H,22,25)/t19-/m1/s1. The molecule has 2 aliphatic rings. The molecule has 0 unspecified atom stereocenters. The third-order valence-corrected chi connectivity index (χ3v) is 5.92. The van der Waals surface area contributed by atoms with Crippen molar-refractivity contribution < 1.29 is 9.53 Å². The summed E-state index contributed by atoms with van der Waals surface area (Å²) in [6.45, 7) is 5.02. The molecular formula is C21H33N3O2. The minimum atomic E-state index is 0.286. The van der Waals surface area contributed by atoms with E-state index in [9.17, 15) is 4.79 Å². The van der Waals surface area contributed by atoms with Crippen LogP contribution in [0.2, 0.25) is 0 Å². The van der Waals surface area contributed by atoms with Crippen molar-refractivity contribution in [3.8, 4) is 5.75 Å². The summed E-state index contributed by atoms with van der Waals surface area (Å²) in [5.74, 6) is 1.73. The van der Waals surface area contributed by atoms with E-state index in [-0.39, 0.29) is 6.04 Å². The number of benzene rings is 1. The van der Waals surface area contributed by atoms with Crippen LogP contribution in [0.1, 0.15) is 38.5 Å². The summed E-state index contributed by atoms with van der Waals surface area (Å²) in [6, 6.07) is 8.52. The average molecular weight is 360 g/mol. The Balaban J connectivity index is 1.50. The number of anilines is 1. The van der Waals surface area contributed by atoms with Crippen LogP contribution in [0.4, 0.5) is 5.69 Å².